The minimum absolute atomic E-state index is 0.150. The maximum absolute atomic E-state index is 13.7. The number of hydrogen-bond donors (Lipinski definition) is 2. The molecule has 0 saturated carbocycles. The average molecular weight is 457 g/mol. The summed E-state index contributed by atoms with van der Waals surface area (Å²) >= 11 is 6.44. The number of anilines is 1. The molecule has 2 aromatic carbocycles. The summed E-state index contributed by atoms with van der Waals surface area (Å²) in [5, 5.41) is 14.4. The molecule has 7 nitrogen and oxygen atoms in total. The molecule has 1 saturated heterocycles. The minimum atomic E-state index is -3.35. The summed E-state index contributed by atoms with van der Waals surface area (Å²) in [5.41, 5.74) is 1.42. The predicted molar refractivity (Wildman–Crippen MR) is 111 cm³/mol. The molecule has 0 unspecified atom stereocenters. The van der Waals surface area contributed by atoms with Gasteiger partial charge in [-0.1, -0.05) is 11.6 Å². The number of benzene rings is 2. The lowest BCUT2D eigenvalue weighted by atomic mass is 10.1. The van der Waals surface area contributed by atoms with Crippen molar-refractivity contribution >= 4 is 38.2 Å². The zero-order chi connectivity index (χ0) is 21.8. The van der Waals surface area contributed by atoms with Gasteiger partial charge in [0.1, 0.15) is 0 Å². The van der Waals surface area contributed by atoms with Crippen LogP contribution in [0.2, 0.25) is 5.02 Å². The Kier molecular flexibility index (Phi) is 5.11. The molecule has 30 heavy (non-hydrogen) atoms. The molecule has 1 fully saturated rings. The molecule has 0 radical (unpaired) electrons. The molecule has 0 atom stereocenters. The van der Waals surface area contributed by atoms with E-state index in [0.29, 0.717) is 29.0 Å². The Morgan fingerprint density at radius 3 is 2.57 bits per heavy atom. The quantitative estimate of drug-likeness (QED) is 0.615. The van der Waals surface area contributed by atoms with Crippen molar-refractivity contribution in [2.24, 2.45) is 0 Å². The monoisotopic (exact) mass is 456 g/mol. The first-order valence-electron chi connectivity index (χ1n) is 9.18. The largest absolute Gasteiger partial charge is 0.505 e. The first-order chi connectivity index (χ1) is 14.1. The van der Waals surface area contributed by atoms with Crippen LogP contribution in [-0.2, 0) is 10.0 Å². The van der Waals surface area contributed by atoms with Crippen LogP contribution < -0.4 is 9.62 Å². The van der Waals surface area contributed by atoms with Crippen molar-refractivity contribution < 1.29 is 22.3 Å². The molecular formula is C19H19ClF2N4O3S. The number of phenols is 1. The first-order valence-corrected chi connectivity index (χ1v) is 11.1. The summed E-state index contributed by atoms with van der Waals surface area (Å²) in [6, 6.07) is 5.26. The van der Waals surface area contributed by atoms with Gasteiger partial charge in [0.2, 0.25) is 10.0 Å². The number of nitrogens with one attached hydrogen (secondary N) is 1. The number of phenolic OH excluding ortho intramolecular Hbond substituents is 1. The Balaban J connectivity index is 1.60. The minimum Gasteiger partial charge on any atom is -0.505 e. The van der Waals surface area contributed by atoms with Gasteiger partial charge in [-0.05, 0) is 26.0 Å². The Hall–Kier alpha value is -2.43. The van der Waals surface area contributed by atoms with Crippen molar-refractivity contribution in [3.8, 4) is 11.4 Å². The van der Waals surface area contributed by atoms with Crippen LogP contribution >= 0.6 is 11.6 Å². The fraction of sp³-hybridized carbons (Fsp3) is 0.316. The summed E-state index contributed by atoms with van der Waals surface area (Å²) < 4.78 is 55.1. The van der Waals surface area contributed by atoms with Crippen LogP contribution in [0.25, 0.3) is 16.6 Å². The summed E-state index contributed by atoms with van der Waals surface area (Å²) in [6.45, 7) is 4.19. The van der Waals surface area contributed by atoms with E-state index in [-0.39, 0.29) is 11.7 Å². The third-order valence-electron chi connectivity index (χ3n) is 5.05. The van der Waals surface area contributed by atoms with E-state index in [0.717, 1.165) is 17.8 Å². The van der Waals surface area contributed by atoms with E-state index in [1.165, 1.54) is 4.68 Å². The molecule has 0 bridgehead atoms. The molecule has 1 aliphatic rings. The van der Waals surface area contributed by atoms with Crippen LogP contribution in [0.3, 0.4) is 0 Å². The molecule has 2 heterocycles. The highest BCUT2D eigenvalue weighted by Crippen LogP contribution is 2.35. The van der Waals surface area contributed by atoms with Gasteiger partial charge in [-0.3, -0.25) is 0 Å². The number of nitrogens with zero attached hydrogens (tertiary/aromatic N) is 3. The Morgan fingerprint density at radius 1 is 1.23 bits per heavy atom. The smallest absolute Gasteiger partial charge is 0.214 e. The maximum atomic E-state index is 13.7. The molecule has 4 rings (SSSR count). The van der Waals surface area contributed by atoms with Gasteiger partial charge in [0.05, 0.1) is 39.4 Å². The Labute approximate surface area is 176 Å². The van der Waals surface area contributed by atoms with Gasteiger partial charge >= 0.3 is 0 Å². The van der Waals surface area contributed by atoms with Crippen molar-refractivity contribution in [2.75, 3.05) is 18.0 Å². The first kappa shape index (κ1) is 20.8. The van der Waals surface area contributed by atoms with Crippen molar-refractivity contribution in [1.82, 2.24) is 14.5 Å². The van der Waals surface area contributed by atoms with Gasteiger partial charge in [0.25, 0.3) is 0 Å². The van der Waals surface area contributed by atoms with Gasteiger partial charge < -0.3 is 10.0 Å². The maximum Gasteiger partial charge on any atom is 0.214 e. The highest BCUT2D eigenvalue weighted by molar-refractivity contribution is 7.90. The molecule has 160 valence electrons. The molecule has 1 aromatic heterocycles. The van der Waals surface area contributed by atoms with Gasteiger partial charge in [-0.2, -0.15) is 9.49 Å². The van der Waals surface area contributed by atoms with Crippen molar-refractivity contribution in [3.63, 3.8) is 0 Å². The van der Waals surface area contributed by atoms with E-state index in [2.05, 4.69) is 9.82 Å². The van der Waals surface area contributed by atoms with Gasteiger partial charge in [0, 0.05) is 30.6 Å². The van der Waals surface area contributed by atoms with Gasteiger partial charge in [-0.15, -0.1) is 0 Å². The van der Waals surface area contributed by atoms with Crippen LogP contribution in [-0.4, -0.2) is 47.7 Å². The van der Waals surface area contributed by atoms with E-state index in [1.54, 1.807) is 32.2 Å². The van der Waals surface area contributed by atoms with E-state index in [1.807, 2.05) is 4.90 Å². The number of hydrogen-bond acceptors (Lipinski definition) is 5. The SMILES string of the molecule is CC(C)S(=O)(=O)NC1CN(c2cc3cnn(-c4cc(O)c(F)c(F)c4)c3cc2Cl)C1. The zero-order valence-corrected chi connectivity index (χ0v) is 17.7. The topological polar surface area (TPSA) is 87.5 Å². The molecule has 0 spiro atoms. The van der Waals surface area contributed by atoms with Crippen LogP contribution in [0.5, 0.6) is 5.75 Å². The van der Waals surface area contributed by atoms with Crippen LogP contribution in [0.15, 0.2) is 30.5 Å². The molecule has 2 N–H and O–H groups in total. The van der Waals surface area contributed by atoms with Crippen molar-refractivity contribution in [3.05, 3.63) is 47.1 Å². The fourth-order valence-electron chi connectivity index (χ4n) is 3.29. The number of aromatic hydroxyl groups is 1. The number of aromatic nitrogens is 2. The zero-order valence-electron chi connectivity index (χ0n) is 16.1. The molecule has 0 amide bonds. The van der Waals surface area contributed by atoms with Crippen molar-refractivity contribution in [2.45, 2.75) is 25.1 Å². The Morgan fingerprint density at radius 2 is 1.93 bits per heavy atom. The van der Waals surface area contributed by atoms with Crippen LogP contribution in [0.1, 0.15) is 13.8 Å². The molecule has 11 heteroatoms. The predicted octanol–water partition coefficient (Wildman–Crippen LogP) is 3.18. The second kappa shape index (κ2) is 7.36. The standard InChI is InChI=1S/C19H19ClF2N4O3S/c1-10(2)30(28,29)24-12-8-25(9-12)17-3-11-7-23-26(16(11)6-14(17)20)13-4-15(21)19(22)18(27)5-13/h3-7,10,12,24,27H,8-9H2,1-2H3. The highest BCUT2D eigenvalue weighted by atomic mass is 35.5. The van der Waals surface area contributed by atoms with E-state index < -0.39 is 32.7 Å². The van der Waals surface area contributed by atoms with Crippen LogP contribution in [0.4, 0.5) is 14.5 Å². The number of sulfonamides is 1. The number of halogens is 3. The third-order valence-corrected chi connectivity index (χ3v) is 7.25. The van der Waals surface area contributed by atoms with Crippen molar-refractivity contribution in [1.29, 1.82) is 0 Å². The lowest BCUT2D eigenvalue weighted by Crippen LogP contribution is -2.60. The lowest BCUT2D eigenvalue weighted by Gasteiger charge is -2.41. The van der Waals surface area contributed by atoms with Gasteiger partial charge in [-0.25, -0.2) is 22.2 Å². The third kappa shape index (κ3) is 3.59. The second-order valence-corrected chi connectivity index (χ2v) is 10.2. The van der Waals surface area contributed by atoms with Crippen LogP contribution in [0, 0.1) is 11.6 Å². The molecule has 3 aromatic rings. The molecular weight excluding hydrogens is 438 g/mol. The summed E-state index contributed by atoms with van der Waals surface area (Å²) in [4.78, 5) is 1.94. The van der Waals surface area contributed by atoms with E-state index >= 15 is 0 Å². The highest BCUT2D eigenvalue weighted by Gasteiger charge is 2.32. The molecule has 0 aliphatic carbocycles. The second-order valence-electron chi connectivity index (χ2n) is 7.49. The van der Waals surface area contributed by atoms with E-state index in [4.69, 9.17) is 11.6 Å². The fourth-order valence-corrected chi connectivity index (χ4v) is 4.45. The summed E-state index contributed by atoms with van der Waals surface area (Å²) in [6.07, 6.45) is 1.55. The average Bonchev–Trinajstić information content (AvgIpc) is 3.04. The number of fused-ring (bicyclic) bond motifs is 1. The summed E-state index contributed by atoms with van der Waals surface area (Å²) in [7, 11) is -3.35. The summed E-state index contributed by atoms with van der Waals surface area (Å²) in [5.74, 6) is -3.32. The lowest BCUT2D eigenvalue weighted by molar-refractivity contribution is 0.406. The molecule has 1 aliphatic heterocycles. The Bertz CT molecular complexity index is 1220. The van der Waals surface area contributed by atoms with E-state index in [9.17, 15) is 22.3 Å². The van der Waals surface area contributed by atoms with Gasteiger partial charge in [0.15, 0.2) is 17.4 Å². The normalized spacial score (nSPS) is 15.2. The number of rotatable bonds is 5.